The van der Waals surface area contributed by atoms with Gasteiger partial charge < -0.3 is 20.1 Å². The number of aromatic amines is 1. The van der Waals surface area contributed by atoms with Crippen LogP contribution in [0.25, 0.3) is 32.4 Å². The first kappa shape index (κ1) is 20.8. The molecule has 3 aromatic heterocycles. The molecule has 32 heavy (non-hydrogen) atoms. The van der Waals surface area contributed by atoms with Crippen LogP contribution in [0.5, 0.6) is 5.75 Å². The number of nitrogens with zero attached hydrogens (tertiary/aromatic N) is 2. The minimum absolute atomic E-state index is 0.248. The van der Waals surface area contributed by atoms with Gasteiger partial charge in [-0.1, -0.05) is 18.2 Å². The fourth-order valence-corrected chi connectivity index (χ4v) is 4.89. The van der Waals surface area contributed by atoms with E-state index in [-0.39, 0.29) is 6.61 Å². The third kappa shape index (κ3) is 4.27. The lowest BCUT2D eigenvalue weighted by molar-refractivity contribution is 0.106. The quantitative estimate of drug-likeness (QED) is 0.294. The minimum Gasteiger partial charge on any atom is -0.491 e. The molecular weight excluding hydrogens is 420 g/mol. The van der Waals surface area contributed by atoms with E-state index in [1.807, 2.05) is 42.1 Å². The third-order valence-electron chi connectivity index (χ3n) is 5.65. The zero-order chi connectivity index (χ0) is 21.9. The van der Waals surface area contributed by atoms with Crippen LogP contribution in [0, 0.1) is 0 Å². The molecule has 3 N–H and O–H groups in total. The summed E-state index contributed by atoms with van der Waals surface area (Å²) in [6, 6.07) is 18.3. The maximum Gasteiger partial charge on any atom is 0.119 e. The van der Waals surface area contributed by atoms with E-state index in [2.05, 4.69) is 51.2 Å². The lowest BCUT2D eigenvalue weighted by Gasteiger charge is -2.13. The number of aliphatic hydroxyl groups excluding tert-OH is 1. The highest BCUT2D eigenvalue weighted by Gasteiger charge is 2.12. The summed E-state index contributed by atoms with van der Waals surface area (Å²) in [5.74, 6) is 0.741. The Morgan fingerprint density at radius 3 is 2.88 bits per heavy atom. The number of rotatable bonds is 9. The van der Waals surface area contributed by atoms with E-state index in [0.717, 1.165) is 41.0 Å². The molecule has 0 fully saturated rings. The lowest BCUT2D eigenvalue weighted by atomic mass is 10.1. The lowest BCUT2D eigenvalue weighted by Crippen LogP contribution is -2.32. The predicted molar refractivity (Wildman–Crippen MR) is 130 cm³/mol. The van der Waals surface area contributed by atoms with Crippen LogP contribution in [0.3, 0.4) is 0 Å². The van der Waals surface area contributed by atoms with Gasteiger partial charge in [-0.3, -0.25) is 4.68 Å². The Hall–Kier alpha value is -3.13. The maximum absolute atomic E-state index is 10.3. The van der Waals surface area contributed by atoms with Gasteiger partial charge in [-0.2, -0.15) is 5.10 Å². The number of aliphatic hydroxyl groups is 1. The van der Waals surface area contributed by atoms with Crippen molar-refractivity contribution in [3.8, 4) is 17.0 Å². The van der Waals surface area contributed by atoms with Gasteiger partial charge in [0, 0.05) is 36.3 Å². The van der Waals surface area contributed by atoms with Gasteiger partial charge in [0.05, 0.1) is 10.2 Å². The topological polar surface area (TPSA) is 75.1 Å². The highest BCUT2D eigenvalue weighted by Crippen LogP contribution is 2.32. The summed E-state index contributed by atoms with van der Waals surface area (Å²) < 4.78 is 8.88. The Morgan fingerprint density at radius 2 is 2.00 bits per heavy atom. The average molecular weight is 447 g/mol. The van der Waals surface area contributed by atoms with E-state index in [9.17, 15) is 5.11 Å². The van der Waals surface area contributed by atoms with Crippen LogP contribution in [0.15, 0.2) is 66.2 Å². The molecule has 0 aliphatic carbocycles. The summed E-state index contributed by atoms with van der Waals surface area (Å²) in [5.41, 5.74) is 5.63. The van der Waals surface area contributed by atoms with E-state index in [4.69, 9.17) is 4.74 Å². The highest BCUT2D eigenvalue weighted by atomic mass is 32.1. The Morgan fingerprint density at radius 1 is 1.16 bits per heavy atom. The third-order valence-corrected chi connectivity index (χ3v) is 6.56. The Kier molecular flexibility index (Phi) is 5.94. The maximum atomic E-state index is 10.3. The van der Waals surface area contributed by atoms with Crippen LogP contribution in [-0.4, -0.2) is 45.7 Å². The SMILES string of the molecule is Cn1nc(-c2ccc(OCC(O)CNCCc3c[nH]c4ccccc34)cc2)c2sccc21. The number of H-pyrrole nitrogens is 1. The summed E-state index contributed by atoms with van der Waals surface area (Å²) >= 11 is 1.70. The summed E-state index contributed by atoms with van der Waals surface area (Å²) in [6.07, 6.45) is 2.40. The smallest absolute Gasteiger partial charge is 0.119 e. The number of fused-ring (bicyclic) bond motifs is 2. The largest absolute Gasteiger partial charge is 0.491 e. The number of aromatic nitrogens is 3. The first-order valence-corrected chi connectivity index (χ1v) is 11.6. The van der Waals surface area contributed by atoms with Crippen molar-refractivity contribution in [3.05, 3.63) is 71.7 Å². The zero-order valence-electron chi connectivity index (χ0n) is 17.9. The molecule has 0 saturated carbocycles. The molecule has 3 heterocycles. The summed E-state index contributed by atoms with van der Waals surface area (Å²) in [6.45, 7) is 1.54. The molecule has 0 bridgehead atoms. The fourth-order valence-electron chi connectivity index (χ4n) is 3.96. The van der Waals surface area contributed by atoms with E-state index in [1.54, 1.807) is 11.3 Å². The molecule has 7 heteroatoms. The fraction of sp³-hybridized carbons (Fsp3) is 0.240. The number of aryl methyl sites for hydroxylation is 1. The van der Waals surface area contributed by atoms with Crippen LogP contribution in [0.1, 0.15) is 5.56 Å². The molecule has 0 aliphatic rings. The van der Waals surface area contributed by atoms with Gasteiger partial charge in [0.1, 0.15) is 24.2 Å². The normalized spacial score (nSPS) is 12.6. The van der Waals surface area contributed by atoms with Gasteiger partial charge in [0.25, 0.3) is 0 Å². The summed E-state index contributed by atoms with van der Waals surface area (Å²) in [4.78, 5) is 3.30. The summed E-state index contributed by atoms with van der Waals surface area (Å²) in [5, 5.41) is 21.6. The molecule has 2 aromatic carbocycles. The van der Waals surface area contributed by atoms with E-state index in [0.29, 0.717) is 6.54 Å². The number of nitrogens with one attached hydrogen (secondary N) is 2. The van der Waals surface area contributed by atoms with Crippen molar-refractivity contribution < 1.29 is 9.84 Å². The molecule has 1 atom stereocenters. The molecule has 0 saturated heterocycles. The number of hydrogen-bond acceptors (Lipinski definition) is 5. The van der Waals surface area contributed by atoms with Gasteiger partial charge in [-0.15, -0.1) is 11.3 Å². The van der Waals surface area contributed by atoms with Crippen molar-refractivity contribution in [2.75, 3.05) is 19.7 Å². The van der Waals surface area contributed by atoms with Gasteiger partial charge >= 0.3 is 0 Å². The van der Waals surface area contributed by atoms with E-state index < -0.39 is 6.10 Å². The Labute approximate surface area is 190 Å². The molecule has 0 aliphatic heterocycles. The van der Waals surface area contributed by atoms with Gasteiger partial charge in [0.15, 0.2) is 0 Å². The average Bonchev–Trinajstić information content (AvgIpc) is 3.53. The van der Waals surface area contributed by atoms with Gasteiger partial charge in [0.2, 0.25) is 0 Å². The number of hydrogen-bond donors (Lipinski definition) is 3. The number of para-hydroxylation sites is 1. The minimum atomic E-state index is -0.570. The molecule has 1 unspecified atom stereocenters. The van der Waals surface area contributed by atoms with Gasteiger partial charge in [-0.25, -0.2) is 0 Å². The van der Waals surface area contributed by atoms with Crippen LogP contribution in [0.4, 0.5) is 0 Å². The molecule has 0 amide bonds. The molecule has 0 spiro atoms. The van der Waals surface area contributed by atoms with Crippen molar-refractivity contribution in [2.24, 2.45) is 7.05 Å². The van der Waals surface area contributed by atoms with Crippen molar-refractivity contribution in [2.45, 2.75) is 12.5 Å². The van der Waals surface area contributed by atoms with Crippen molar-refractivity contribution >= 4 is 32.5 Å². The number of ether oxygens (including phenoxy) is 1. The monoisotopic (exact) mass is 446 g/mol. The van der Waals surface area contributed by atoms with Crippen molar-refractivity contribution in [1.29, 1.82) is 0 Å². The zero-order valence-corrected chi connectivity index (χ0v) is 18.7. The van der Waals surface area contributed by atoms with E-state index in [1.165, 1.54) is 15.6 Å². The molecular formula is C25H26N4O2S. The number of benzene rings is 2. The molecule has 6 nitrogen and oxygen atoms in total. The molecule has 5 aromatic rings. The molecule has 164 valence electrons. The second-order valence-electron chi connectivity index (χ2n) is 7.91. The van der Waals surface area contributed by atoms with Crippen LogP contribution < -0.4 is 10.1 Å². The first-order valence-electron chi connectivity index (χ1n) is 10.8. The highest BCUT2D eigenvalue weighted by molar-refractivity contribution is 7.17. The summed E-state index contributed by atoms with van der Waals surface area (Å²) in [7, 11) is 1.96. The Balaban J connectivity index is 1.09. The first-order chi connectivity index (χ1) is 15.7. The Bertz CT molecular complexity index is 1320. The number of thiophene rings is 1. The second-order valence-corrected chi connectivity index (χ2v) is 8.83. The predicted octanol–water partition coefficient (Wildman–Crippen LogP) is 4.36. The molecule has 0 radical (unpaired) electrons. The van der Waals surface area contributed by atoms with Crippen LogP contribution >= 0.6 is 11.3 Å². The van der Waals surface area contributed by atoms with Gasteiger partial charge in [-0.05, 0) is 60.3 Å². The second kappa shape index (κ2) is 9.16. The van der Waals surface area contributed by atoms with Crippen LogP contribution in [-0.2, 0) is 13.5 Å². The van der Waals surface area contributed by atoms with Crippen molar-refractivity contribution in [3.63, 3.8) is 0 Å². The molecule has 5 rings (SSSR count). The standard InChI is InChI=1S/C25H26N4O2S/c1-29-23-11-13-32-25(23)24(28-29)17-6-8-20(9-7-17)31-16-19(30)15-26-12-10-18-14-27-22-5-3-2-4-21(18)22/h2-9,11,13-14,19,26-27,30H,10,12,15-16H2,1H3. The van der Waals surface area contributed by atoms with Crippen LogP contribution in [0.2, 0.25) is 0 Å². The van der Waals surface area contributed by atoms with E-state index >= 15 is 0 Å². The van der Waals surface area contributed by atoms with Crippen molar-refractivity contribution in [1.82, 2.24) is 20.1 Å².